The van der Waals surface area contributed by atoms with Gasteiger partial charge in [-0.1, -0.05) is 59.8 Å². The molecule has 0 aliphatic heterocycles. The minimum atomic E-state index is -0.606. The minimum absolute atomic E-state index is 0.0647. The number of hydrogen-bond acceptors (Lipinski definition) is 5. The Hall–Kier alpha value is -1.10. The molecule has 0 aromatic rings. The quantitative estimate of drug-likeness (QED) is 0.233. The van der Waals surface area contributed by atoms with Crippen LogP contribution in [0.3, 0.4) is 0 Å². The van der Waals surface area contributed by atoms with Crippen LogP contribution < -0.4 is 0 Å². The summed E-state index contributed by atoms with van der Waals surface area (Å²) < 4.78 is 11.0. The van der Waals surface area contributed by atoms with E-state index in [4.69, 9.17) is 9.47 Å². The van der Waals surface area contributed by atoms with Gasteiger partial charge >= 0.3 is 11.9 Å². The first-order valence-corrected chi connectivity index (χ1v) is 15.9. The van der Waals surface area contributed by atoms with Gasteiger partial charge in [-0.15, -0.1) is 0 Å². The highest BCUT2D eigenvalue weighted by Crippen LogP contribution is 2.69. The second-order valence-electron chi connectivity index (χ2n) is 14.6. The Morgan fingerprint density at radius 2 is 1.58 bits per heavy atom. The first kappa shape index (κ1) is 29.9. The second kappa shape index (κ2) is 11.8. The van der Waals surface area contributed by atoms with Gasteiger partial charge in [-0.2, -0.15) is 0 Å². The Balaban J connectivity index is 1.54. The smallest absolute Gasteiger partial charge is 0.306 e. The third kappa shape index (κ3) is 5.70. The lowest BCUT2D eigenvalue weighted by atomic mass is 9.43. The molecule has 0 amide bonds. The molecule has 4 fully saturated rings. The van der Waals surface area contributed by atoms with E-state index in [9.17, 15) is 14.7 Å². The molecule has 38 heavy (non-hydrogen) atoms. The maximum absolute atomic E-state index is 12.9. The SMILES string of the molecule is CCCCCC[C@](C)(O)[C@H]1CC[C@H]2[C@@H]3C[C@H](OC(=O)CCC(=O)OC)[C@H]4C[C@@H](C)CC[C@]4(C)[C@H]3CC[C@@]21C. The summed E-state index contributed by atoms with van der Waals surface area (Å²) in [5, 5.41) is 11.8. The Bertz CT molecular complexity index is 837. The van der Waals surface area contributed by atoms with Gasteiger partial charge in [0.05, 0.1) is 25.6 Å². The largest absolute Gasteiger partial charge is 0.469 e. The van der Waals surface area contributed by atoms with Crippen LogP contribution in [0.2, 0.25) is 0 Å². The summed E-state index contributed by atoms with van der Waals surface area (Å²) in [6, 6.07) is 0. The topological polar surface area (TPSA) is 72.8 Å². The number of ether oxygens (including phenoxy) is 2. The number of carbonyl (C=O) groups is 2. The van der Waals surface area contributed by atoms with Gasteiger partial charge in [-0.25, -0.2) is 0 Å². The molecule has 4 saturated carbocycles. The van der Waals surface area contributed by atoms with Gasteiger partial charge in [-0.3, -0.25) is 9.59 Å². The fourth-order valence-electron chi connectivity index (χ4n) is 10.2. The van der Waals surface area contributed by atoms with Crippen LogP contribution in [0.15, 0.2) is 0 Å². The predicted molar refractivity (Wildman–Crippen MR) is 150 cm³/mol. The van der Waals surface area contributed by atoms with E-state index in [1.807, 2.05) is 0 Å². The predicted octanol–water partition coefficient (Wildman–Crippen LogP) is 7.48. The molecule has 0 aromatic heterocycles. The minimum Gasteiger partial charge on any atom is -0.469 e. The Labute approximate surface area is 232 Å². The van der Waals surface area contributed by atoms with Crippen LogP contribution in [-0.2, 0) is 19.1 Å². The van der Waals surface area contributed by atoms with Crippen molar-refractivity contribution >= 4 is 11.9 Å². The molecule has 218 valence electrons. The molecule has 5 nitrogen and oxygen atoms in total. The van der Waals surface area contributed by atoms with Gasteiger partial charge in [0.15, 0.2) is 0 Å². The van der Waals surface area contributed by atoms with Gasteiger partial charge in [0.25, 0.3) is 0 Å². The normalized spacial score (nSPS) is 41.8. The lowest BCUT2D eigenvalue weighted by Crippen LogP contribution is -2.59. The lowest BCUT2D eigenvalue weighted by Gasteiger charge is -2.63. The molecule has 0 radical (unpaired) electrons. The molecule has 10 atom stereocenters. The van der Waals surface area contributed by atoms with E-state index in [2.05, 4.69) is 34.6 Å². The maximum Gasteiger partial charge on any atom is 0.306 e. The molecule has 4 rings (SSSR count). The Morgan fingerprint density at radius 3 is 2.29 bits per heavy atom. The number of rotatable bonds is 10. The summed E-state index contributed by atoms with van der Waals surface area (Å²) in [4.78, 5) is 24.5. The number of fused-ring (bicyclic) bond motifs is 5. The van der Waals surface area contributed by atoms with Crippen LogP contribution >= 0.6 is 0 Å². The summed E-state index contributed by atoms with van der Waals surface area (Å²) in [6.07, 6.45) is 15.2. The van der Waals surface area contributed by atoms with E-state index in [0.29, 0.717) is 35.5 Å². The van der Waals surface area contributed by atoms with E-state index < -0.39 is 5.60 Å². The van der Waals surface area contributed by atoms with Gasteiger partial charge in [-0.05, 0) is 98.7 Å². The number of methoxy groups -OCH3 is 1. The van der Waals surface area contributed by atoms with E-state index in [-0.39, 0.29) is 41.7 Å². The second-order valence-corrected chi connectivity index (χ2v) is 14.6. The van der Waals surface area contributed by atoms with Crippen LogP contribution in [0.1, 0.15) is 131 Å². The Kier molecular flexibility index (Phi) is 9.27. The van der Waals surface area contributed by atoms with Crippen molar-refractivity contribution < 1.29 is 24.2 Å². The summed E-state index contributed by atoms with van der Waals surface area (Å²) in [5.41, 5.74) is -0.254. The summed E-state index contributed by atoms with van der Waals surface area (Å²) in [6.45, 7) is 11.7. The molecular formula is C33H56O5. The molecule has 0 saturated heterocycles. The van der Waals surface area contributed by atoms with Crippen molar-refractivity contribution in [2.75, 3.05) is 7.11 Å². The van der Waals surface area contributed by atoms with Crippen LogP contribution in [0.4, 0.5) is 0 Å². The zero-order chi connectivity index (χ0) is 27.7. The van der Waals surface area contributed by atoms with Crippen molar-refractivity contribution in [1.29, 1.82) is 0 Å². The van der Waals surface area contributed by atoms with Crippen LogP contribution in [-0.4, -0.2) is 35.9 Å². The van der Waals surface area contributed by atoms with Crippen molar-refractivity contribution in [3.05, 3.63) is 0 Å². The van der Waals surface area contributed by atoms with E-state index in [1.165, 1.54) is 58.5 Å². The monoisotopic (exact) mass is 532 g/mol. The number of carbonyl (C=O) groups excluding carboxylic acids is 2. The molecule has 0 bridgehead atoms. The van der Waals surface area contributed by atoms with E-state index in [1.54, 1.807) is 0 Å². The van der Waals surface area contributed by atoms with Gasteiger partial charge in [0.2, 0.25) is 0 Å². The highest BCUT2D eigenvalue weighted by molar-refractivity contribution is 5.77. The van der Waals surface area contributed by atoms with Crippen LogP contribution in [0.5, 0.6) is 0 Å². The highest BCUT2D eigenvalue weighted by Gasteiger charge is 2.64. The standard InChI is InChI=1S/C33H56O5/c1-7-8-9-10-17-33(5,36)28-12-11-24-23-21-27(38-30(35)14-13-29(34)37-6)26-20-22(2)15-18-31(26,3)25(23)16-19-32(24,28)4/h22-28,36H,7-21H2,1-6H3/t22-,23-,24-,25-,26+,27-,28-,31+,32-,33-/m0/s1. The molecule has 4 aliphatic rings. The molecule has 5 heteroatoms. The van der Waals surface area contributed by atoms with Gasteiger partial charge < -0.3 is 14.6 Å². The average molecular weight is 533 g/mol. The van der Waals surface area contributed by atoms with Crippen molar-refractivity contribution in [2.45, 2.75) is 143 Å². The van der Waals surface area contributed by atoms with E-state index >= 15 is 0 Å². The average Bonchev–Trinajstić information content (AvgIpc) is 3.24. The fraction of sp³-hybridized carbons (Fsp3) is 0.939. The highest BCUT2D eigenvalue weighted by atomic mass is 16.5. The Morgan fingerprint density at radius 1 is 0.895 bits per heavy atom. The number of hydrogen-bond donors (Lipinski definition) is 1. The molecule has 4 aliphatic carbocycles. The molecular weight excluding hydrogens is 476 g/mol. The summed E-state index contributed by atoms with van der Waals surface area (Å²) in [5.74, 6) is 2.61. The van der Waals surface area contributed by atoms with Crippen LogP contribution in [0.25, 0.3) is 0 Å². The van der Waals surface area contributed by atoms with Crippen molar-refractivity contribution in [3.63, 3.8) is 0 Å². The molecule has 0 unspecified atom stereocenters. The first-order valence-electron chi connectivity index (χ1n) is 15.9. The summed E-state index contributed by atoms with van der Waals surface area (Å²) >= 11 is 0. The van der Waals surface area contributed by atoms with Crippen molar-refractivity contribution in [2.24, 2.45) is 46.3 Å². The molecule has 0 aromatic carbocycles. The third-order valence-corrected chi connectivity index (χ3v) is 12.2. The molecule has 0 spiro atoms. The first-order chi connectivity index (χ1) is 18.0. The summed E-state index contributed by atoms with van der Waals surface area (Å²) in [7, 11) is 1.36. The van der Waals surface area contributed by atoms with Crippen molar-refractivity contribution in [1.82, 2.24) is 0 Å². The zero-order valence-corrected chi connectivity index (χ0v) is 25.2. The third-order valence-electron chi connectivity index (χ3n) is 12.2. The zero-order valence-electron chi connectivity index (χ0n) is 25.2. The number of aliphatic hydroxyl groups is 1. The van der Waals surface area contributed by atoms with Crippen molar-refractivity contribution in [3.8, 4) is 0 Å². The number of esters is 2. The lowest BCUT2D eigenvalue weighted by molar-refractivity contribution is -0.193. The van der Waals surface area contributed by atoms with Crippen LogP contribution in [0, 0.1) is 46.3 Å². The fourth-order valence-corrected chi connectivity index (χ4v) is 10.2. The van der Waals surface area contributed by atoms with Gasteiger partial charge in [0.1, 0.15) is 6.10 Å². The van der Waals surface area contributed by atoms with Gasteiger partial charge in [0, 0.05) is 5.92 Å². The van der Waals surface area contributed by atoms with E-state index in [0.717, 1.165) is 32.1 Å². The maximum atomic E-state index is 12.9. The molecule has 0 heterocycles. The number of unbranched alkanes of at least 4 members (excludes halogenated alkanes) is 3. The molecule has 1 N–H and O–H groups in total.